The maximum Gasteiger partial charge on any atom is 0.270 e. The smallest absolute Gasteiger partial charge is 0.270 e. The Morgan fingerprint density at radius 3 is 2.37 bits per heavy atom. The van der Waals surface area contributed by atoms with Crippen molar-refractivity contribution in [3.8, 4) is 0 Å². The summed E-state index contributed by atoms with van der Waals surface area (Å²) in [4.78, 5) is 18.9. The Kier molecular flexibility index (Phi) is 6.54. The molecule has 0 fully saturated rings. The summed E-state index contributed by atoms with van der Waals surface area (Å²) >= 11 is 0. The van der Waals surface area contributed by atoms with Crippen LogP contribution < -0.4 is 4.90 Å². The highest BCUT2D eigenvalue weighted by atomic mass is 19.3. The molecule has 0 bridgehead atoms. The normalized spacial score (nSPS) is 11.8. The van der Waals surface area contributed by atoms with Gasteiger partial charge < -0.3 is 9.47 Å². The van der Waals surface area contributed by atoms with Crippen molar-refractivity contribution in [2.45, 2.75) is 53.0 Å². The molecule has 6 heteroatoms. The van der Waals surface area contributed by atoms with Gasteiger partial charge in [0.25, 0.3) is 5.92 Å². The van der Waals surface area contributed by atoms with Gasteiger partial charge in [0.1, 0.15) is 0 Å². The average molecular weight is 414 g/mol. The first-order chi connectivity index (χ1) is 14.3. The van der Waals surface area contributed by atoms with Crippen LogP contribution >= 0.6 is 0 Å². The fourth-order valence-corrected chi connectivity index (χ4v) is 3.84. The topological polar surface area (TPSA) is 38.1 Å². The minimum atomic E-state index is -2.93. The quantitative estimate of drug-likeness (QED) is 0.402. The van der Waals surface area contributed by atoms with E-state index in [2.05, 4.69) is 18.7 Å². The Labute approximate surface area is 176 Å². The van der Waals surface area contributed by atoms with Gasteiger partial charge in [0, 0.05) is 31.1 Å². The molecule has 0 radical (unpaired) electrons. The van der Waals surface area contributed by atoms with Crippen molar-refractivity contribution in [2.24, 2.45) is 0 Å². The summed E-state index contributed by atoms with van der Waals surface area (Å²) in [5.74, 6) is -2.20. The number of hydrogen-bond donors (Lipinski definition) is 0. The van der Waals surface area contributed by atoms with Gasteiger partial charge in [-0.2, -0.15) is 0 Å². The van der Waals surface area contributed by atoms with E-state index in [0.29, 0.717) is 16.6 Å². The number of ketones is 1. The third-order valence-electron chi connectivity index (χ3n) is 5.22. The van der Waals surface area contributed by atoms with Crippen LogP contribution in [-0.4, -0.2) is 28.4 Å². The lowest BCUT2D eigenvalue weighted by Crippen LogP contribution is -2.28. The second-order valence-electron chi connectivity index (χ2n) is 7.79. The van der Waals surface area contributed by atoms with Gasteiger partial charge in [-0.25, -0.2) is 13.8 Å². The second kappa shape index (κ2) is 8.94. The number of carbonyl (C=O) groups is 1. The number of benzene rings is 2. The van der Waals surface area contributed by atoms with E-state index in [9.17, 15) is 13.6 Å². The number of Topliss-reactive ketones (excluding diaryl/α,β-unsaturated/α-hetero) is 1. The van der Waals surface area contributed by atoms with Crippen molar-refractivity contribution in [3.05, 3.63) is 59.2 Å². The molecule has 30 heavy (non-hydrogen) atoms. The summed E-state index contributed by atoms with van der Waals surface area (Å²) in [5.41, 5.74) is 2.72. The molecule has 0 aliphatic heterocycles. The minimum absolute atomic E-state index is 0.0238. The van der Waals surface area contributed by atoms with Crippen LogP contribution in [0.4, 0.5) is 14.7 Å². The fourth-order valence-electron chi connectivity index (χ4n) is 3.84. The third-order valence-corrected chi connectivity index (χ3v) is 5.22. The third kappa shape index (κ3) is 4.53. The molecule has 1 heterocycles. The van der Waals surface area contributed by atoms with Crippen molar-refractivity contribution in [2.75, 3.05) is 18.0 Å². The van der Waals surface area contributed by atoms with Gasteiger partial charge in [0.15, 0.2) is 5.78 Å². The zero-order valence-corrected chi connectivity index (χ0v) is 18.1. The molecule has 160 valence electrons. The first kappa shape index (κ1) is 21.9. The van der Waals surface area contributed by atoms with Crippen molar-refractivity contribution in [1.29, 1.82) is 0 Å². The molecule has 1 aromatic heterocycles. The summed E-state index contributed by atoms with van der Waals surface area (Å²) in [5, 5.41) is 0. The monoisotopic (exact) mass is 413 g/mol. The van der Waals surface area contributed by atoms with E-state index in [1.54, 1.807) is 30.3 Å². The first-order valence-electron chi connectivity index (χ1n) is 10.5. The summed E-state index contributed by atoms with van der Waals surface area (Å²) in [6.07, 6.45) is 1.90. The van der Waals surface area contributed by atoms with Gasteiger partial charge in [-0.15, -0.1) is 0 Å². The maximum absolute atomic E-state index is 14.2. The predicted molar refractivity (Wildman–Crippen MR) is 118 cm³/mol. The molecule has 2 aromatic carbocycles. The van der Waals surface area contributed by atoms with E-state index in [1.165, 1.54) is 13.0 Å². The Hall–Kier alpha value is -2.76. The van der Waals surface area contributed by atoms with Crippen LogP contribution in [0.2, 0.25) is 0 Å². The first-order valence-corrected chi connectivity index (χ1v) is 10.5. The summed E-state index contributed by atoms with van der Waals surface area (Å²) < 4.78 is 30.4. The lowest BCUT2D eigenvalue weighted by molar-refractivity contribution is 0.0165. The highest BCUT2D eigenvalue weighted by Crippen LogP contribution is 2.32. The minimum Gasteiger partial charge on any atom is -0.342 e. The molecule has 0 atom stereocenters. The molecule has 3 aromatic rings. The number of alkyl halides is 2. The van der Waals surface area contributed by atoms with Crippen LogP contribution in [0.15, 0.2) is 42.5 Å². The van der Waals surface area contributed by atoms with Crippen molar-refractivity contribution < 1.29 is 13.6 Å². The number of rotatable bonds is 9. The van der Waals surface area contributed by atoms with Crippen LogP contribution in [0.5, 0.6) is 0 Å². The molecule has 3 rings (SSSR count). The Morgan fingerprint density at radius 1 is 1.10 bits per heavy atom. The van der Waals surface area contributed by atoms with Gasteiger partial charge in [0.2, 0.25) is 5.95 Å². The summed E-state index contributed by atoms with van der Waals surface area (Å²) in [6.45, 7) is 8.60. The fraction of sp³-hybridized carbons (Fsp3) is 0.417. The molecule has 0 saturated carbocycles. The Balaban J connectivity index is 2.18. The molecule has 0 spiro atoms. The van der Waals surface area contributed by atoms with E-state index >= 15 is 0 Å². The van der Waals surface area contributed by atoms with Crippen LogP contribution in [0.1, 0.15) is 62.0 Å². The van der Waals surface area contributed by atoms with Crippen LogP contribution in [0.3, 0.4) is 0 Å². The van der Waals surface area contributed by atoms with Crippen molar-refractivity contribution in [1.82, 2.24) is 9.55 Å². The molecule has 0 aliphatic rings. The predicted octanol–water partition coefficient (Wildman–Crippen LogP) is 6.03. The zero-order chi connectivity index (χ0) is 21.9. The van der Waals surface area contributed by atoms with Gasteiger partial charge in [-0.3, -0.25) is 4.79 Å². The standard InChI is InChI=1S/C24H29F2N3O/c1-5-13-28(14-6-2)23-27-21-15-18(17(3)30)11-12-22(21)29(23)16-19-9-7-8-10-20(19)24(4,25)26/h7-12,15H,5-6,13-14,16H2,1-4H3. The number of nitrogens with zero attached hydrogens (tertiary/aromatic N) is 3. The molecule has 0 saturated heterocycles. The van der Waals surface area contributed by atoms with Crippen molar-refractivity contribution >= 4 is 22.8 Å². The van der Waals surface area contributed by atoms with E-state index in [-0.39, 0.29) is 17.9 Å². The molecular weight excluding hydrogens is 384 g/mol. The number of aromatic nitrogens is 2. The van der Waals surface area contributed by atoms with Crippen LogP contribution in [0, 0.1) is 0 Å². The highest BCUT2D eigenvalue weighted by Gasteiger charge is 2.28. The van der Waals surface area contributed by atoms with Gasteiger partial charge in [-0.05, 0) is 43.5 Å². The SMILES string of the molecule is CCCN(CCC)c1nc2cc(C(C)=O)ccc2n1Cc1ccccc1C(C)(F)F. The summed E-state index contributed by atoms with van der Waals surface area (Å²) in [6, 6.07) is 12.1. The molecule has 0 unspecified atom stereocenters. The average Bonchev–Trinajstić information content (AvgIpc) is 3.05. The van der Waals surface area contributed by atoms with E-state index < -0.39 is 5.92 Å². The number of imidazole rings is 1. The van der Waals surface area contributed by atoms with Crippen molar-refractivity contribution in [3.63, 3.8) is 0 Å². The number of fused-ring (bicyclic) bond motifs is 1. The number of hydrogen-bond acceptors (Lipinski definition) is 3. The number of carbonyl (C=O) groups excluding carboxylic acids is 1. The van der Waals surface area contributed by atoms with Gasteiger partial charge in [0.05, 0.1) is 17.6 Å². The lowest BCUT2D eigenvalue weighted by atomic mass is 10.0. The molecule has 4 nitrogen and oxygen atoms in total. The molecule has 0 amide bonds. The van der Waals surface area contributed by atoms with E-state index in [0.717, 1.165) is 44.3 Å². The largest absolute Gasteiger partial charge is 0.342 e. The van der Waals surface area contributed by atoms with Crippen LogP contribution in [0.25, 0.3) is 11.0 Å². The number of anilines is 1. The molecule has 0 N–H and O–H groups in total. The zero-order valence-electron chi connectivity index (χ0n) is 18.1. The second-order valence-corrected chi connectivity index (χ2v) is 7.79. The van der Waals surface area contributed by atoms with E-state index in [4.69, 9.17) is 4.98 Å². The van der Waals surface area contributed by atoms with Gasteiger partial charge in [-0.1, -0.05) is 38.1 Å². The summed E-state index contributed by atoms with van der Waals surface area (Å²) in [7, 11) is 0. The Bertz CT molecular complexity index is 1030. The Morgan fingerprint density at radius 2 is 1.77 bits per heavy atom. The maximum atomic E-state index is 14.2. The van der Waals surface area contributed by atoms with E-state index in [1.807, 2.05) is 10.6 Å². The van der Waals surface area contributed by atoms with Crippen LogP contribution in [-0.2, 0) is 12.5 Å². The van der Waals surface area contributed by atoms with Gasteiger partial charge >= 0.3 is 0 Å². The lowest BCUT2D eigenvalue weighted by Gasteiger charge is -2.24. The number of halogens is 2. The highest BCUT2D eigenvalue weighted by molar-refractivity contribution is 5.97. The molecule has 0 aliphatic carbocycles. The molecular formula is C24H29F2N3O.